The zero-order valence-corrected chi connectivity index (χ0v) is 13.8. The van der Waals surface area contributed by atoms with E-state index in [-0.39, 0.29) is 0 Å². The van der Waals surface area contributed by atoms with Crippen molar-refractivity contribution >= 4 is 27.7 Å². The summed E-state index contributed by atoms with van der Waals surface area (Å²) in [6.07, 6.45) is 0. The van der Waals surface area contributed by atoms with Gasteiger partial charge in [-0.2, -0.15) is 0 Å². The van der Waals surface area contributed by atoms with Crippen LogP contribution in [0, 0.1) is 6.92 Å². The molecule has 0 spiro atoms. The predicted molar refractivity (Wildman–Crippen MR) is 89.4 cm³/mol. The molecule has 0 aromatic heterocycles. The summed E-state index contributed by atoms with van der Waals surface area (Å²) < 4.78 is 6.96. The fraction of sp³-hybridized carbons (Fsp3) is 0.250. The second kappa shape index (κ2) is 7.72. The topological polar surface area (TPSA) is 35.2 Å². The molecule has 0 unspecified atom stereocenters. The SMILES string of the molecule is Cc1cc(Br)cc(CN)c1OCCSc1ccccc1. The lowest BCUT2D eigenvalue weighted by Gasteiger charge is -2.14. The lowest BCUT2D eigenvalue weighted by molar-refractivity contribution is 0.338. The van der Waals surface area contributed by atoms with Gasteiger partial charge >= 0.3 is 0 Å². The van der Waals surface area contributed by atoms with Crippen LogP contribution in [0.15, 0.2) is 51.8 Å². The molecule has 0 bridgehead atoms. The van der Waals surface area contributed by atoms with E-state index in [2.05, 4.69) is 46.3 Å². The molecule has 2 aromatic carbocycles. The molecule has 0 aliphatic rings. The Labute approximate surface area is 132 Å². The van der Waals surface area contributed by atoms with Crippen molar-refractivity contribution in [1.82, 2.24) is 0 Å². The normalized spacial score (nSPS) is 10.6. The predicted octanol–water partition coefficient (Wildman–Crippen LogP) is 4.39. The number of thioether (sulfide) groups is 1. The van der Waals surface area contributed by atoms with Gasteiger partial charge in [0.25, 0.3) is 0 Å². The largest absolute Gasteiger partial charge is 0.492 e. The monoisotopic (exact) mass is 351 g/mol. The van der Waals surface area contributed by atoms with Crippen molar-refractivity contribution in [3.63, 3.8) is 0 Å². The van der Waals surface area contributed by atoms with E-state index in [0.717, 1.165) is 27.1 Å². The third-order valence-electron chi connectivity index (χ3n) is 2.88. The number of rotatable bonds is 6. The van der Waals surface area contributed by atoms with Gasteiger partial charge in [-0.25, -0.2) is 0 Å². The maximum absolute atomic E-state index is 5.91. The molecule has 0 amide bonds. The fourth-order valence-corrected chi connectivity index (χ4v) is 3.35. The van der Waals surface area contributed by atoms with E-state index >= 15 is 0 Å². The molecule has 2 aromatic rings. The van der Waals surface area contributed by atoms with Crippen molar-refractivity contribution < 1.29 is 4.74 Å². The zero-order chi connectivity index (χ0) is 14.4. The summed E-state index contributed by atoms with van der Waals surface area (Å²) in [7, 11) is 0. The Balaban J connectivity index is 1.91. The van der Waals surface area contributed by atoms with Gasteiger partial charge in [-0.1, -0.05) is 34.1 Å². The lowest BCUT2D eigenvalue weighted by atomic mass is 10.1. The molecule has 0 radical (unpaired) electrons. The van der Waals surface area contributed by atoms with E-state index in [1.54, 1.807) is 11.8 Å². The smallest absolute Gasteiger partial charge is 0.126 e. The van der Waals surface area contributed by atoms with Crippen molar-refractivity contribution in [1.29, 1.82) is 0 Å². The summed E-state index contributed by atoms with van der Waals surface area (Å²) in [5.74, 6) is 1.84. The van der Waals surface area contributed by atoms with E-state index in [1.807, 2.05) is 19.1 Å². The van der Waals surface area contributed by atoms with Crippen LogP contribution in [0.25, 0.3) is 0 Å². The number of ether oxygens (including phenoxy) is 1. The summed E-state index contributed by atoms with van der Waals surface area (Å²) >= 11 is 5.28. The molecule has 0 fully saturated rings. The first-order chi connectivity index (χ1) is 9.70. The lowest BCUT2D eigenvalue weighted by Crippen LogP contribution is -2.07. The number of hydrogen-bond acceptors (Lipinski definition) is 3. The van der Waals surface area contributed by atoms with Gasteiger partial charge in [0.1, 0.15) is 5.75 Å². The van der Waals surface area contributed by atoms with Crippen LogP contribution >= 0.6 is 27.7 Å². The minimum Gasteiger partial charge on any atom is -0.492 e. The molecule has 0 saturated heterocycles. The maximum Gasteiger partial charge on any atom is 0.126 e. The van der Waals surface area contributed by atoms with Crippen LogP contribution in [0.3, 0.4) is 0 Å². The molecule has 106 valence electrons. The Kier molecular flexibility index (Phi) is 5.95. The van der Waals surface area contributed by atoms with Crippen LogP contribution in [-0.4, -0.2) is 12.4 Å². The molecule has 2 nitrogen and oxygen atoms in total. The molecule has 0 atom stereocenters. The first-order valence-corrected chi connectivity index (χ1v) is 8.28. The summed E-state index contributed by atoms with van der Waals surface area (Å²) in [6.45, 7) is 3.21. The number of benzene rings is 2. The van der Waals surface area contributed by atoms with Crippen LogP contribution in [0.4, 0.5) is 0 Å². The van der Waals surface area contributed by atoms with Crippen molar-refractivity contribution in [3.05, 3.63) is 58.1 Å². The van der Waals surface area contributed by atoms with Gasteiger partial charge < -0.3 is 10.5 Å². The molecular formula is C16H18BrNOS. The van der Waals surface area contributed by atoms with Crippen LogP contribution < -0.4 is 10.5 Å². The van der Waals surface area contributed by atoms with Gasteiger partial charge in [-0.05, 0) is 36.8 Å². The summed E-state index contributed by atoms with van der Waals surface area (Å²) in [5, 5.41) is 0. The second-order valence-corrected chi connectivity index (χ2v) is 6.51. The van der Waals surface area contributed by atoms with E-state index in [0.29, 0.717) is 13.2 Å². The molecule has 0 aliphatic carbocycles. The number of nitrogens with two attached hydrogens (primary N) is 1. The van der Waals surface area contributed by atoms with Crippen LogP contribution in [-0.2, 0) is 6.54 Å². The molecule has 2 rings (SSSR count). The second-order valence-electron chi connectivity index (χ2n) is 4.43. The molecule has 0 aliphatic heterocycles. The highest BCUT2D eigenvalue weighted by molar-refractivity contribution is 9.10. The van der Waals surface area contributed by atoms with E-state index in [9.17, 15) is 0 Å². The summed E-state index contributed by atoms with van der Waals surface area (Å²) in [4.78, 5) is 1.27. The minimum absolute atomic E-state index is 0.488. The van der Waals surface area contributed by atoms with Crippen LogP contribution in [0.1, 0.15) is 11.1 Å². The van der Waals surface area contributed by atoms with Gasteiger partial charge in [-0.15, -0.1) is 11.8 Å². The molecular weight excluding hydrogens is 334 g/mol. The Morgan fingerprint density at radius 3 is 2.65 bits per heavy atom. The van der Waals surface area contributed by atoms with E-state index < -0.39 is 0 Å². The van der Waals surface area contributed by atoms with Crippen molar-refractivity contribution in [2.45, 2.75) is 18.4 Å². The zero-order valence-electron chi connectivity index (χ0n) is 11.4. The Morgan fingerprint density at radius 1 is 1.20 bits per heavy atom. The standard InChI is InChI=1S/C16H18BrNOS/c1-12-9-14(17)10-13(11-18)16(12)19-7-8-20-15-5-3-2-4-6-15/h2-6,9-10H,7-8,11,18H2,1H3. The van der Waals surface area contributed by atoms with Crippen LogP contribution in [0.2, 0.25) is 0 Å². The van der Waals surface area contributed by atoms with Gasteiger partial charge in [0.2, 0.25) is 0 Å². The molecule has 2 N–H and O–H groups in total. The molecule has 0 heterocycles. The third kappa shape index (κ3) is 4.27. The Bertz CT molecular complexity index is 560. The number of aryl methyl sites for hydroxylation is 1. The average Bonchev–Trinajstić information content (AvgIpc) is 2.45. The Morgan fingerprint density at radius 2 is 1.95 bits per heavy atom. The highest BCUT2D eigenvalue weighted by atomic mass is 79.9. The minimum atomic E-state index is 0.488. The first kappa shape index (κ1) is 15.4. The Hall–Kier alpha value is -0.970. The van der Waals surface area contributed by atoms with Crippen molar-refractivity contribution in [2.75, 3.05) is 12.4 Å². The number of halogens is 1. The highest BCUT2D eigenvalue weighted by Gasteiger charge is 2.07. The molecule has 20 heavy (non-hydrogen) atoms. The van der Waals surface area contributed by atoms with E-state index in [4.69, 9.17) is 10.5 Å². The third-order valence-corrected chi connectivity index (χ3v) is 4.31. The van der Waals surface area contributed by atoms with Gasteiger partial charge in [0.05, 0.1) is 6.61 Å². The van der Waals surface area contributed by atoms with Crippen molar-refractivity contribution in [3.8, 4) is 5.75 Å². The number of hydrogen-bond donors (Lipinski definition) is 1. The first-order valence-electron chi connectivity index (χ1n) is 6.50. The quantitative estimate of drug-likeness (QED) is 0.619. The molecule has 4 heteroatoms. The maximum atomic E-state index is 5.91. The van der Waals surface area contributed by atoms with Crippen molar-refractivity contribution in [2.24, 2.45) is 5.73 Å². The highest BCUT2D eigenvalue weighted by Crippen LogP contribution is 2.28. The molecule has 0 saturated carbocycles. The van der Waals surface area contributed by atoms with Gasteiger partial charge in [-0.3, -0.25) is 0 Å². The summed E-state index contributed by atoms with van der Waals surface area (Å²) in [5.41, 5.74) is 7.94. The fourth-order valence-electron chi connectivity index (χ4n) is 1.98. The van der Waals surface area contributed by atoms with Gasteiger partial charge in [0.15, 0.2) is 0 Å². The summed E-state index contributed by atoms with van der Waals surface area (Å²) in [6, 6.07) is 14.4. The van der Waals surface area contributed by atoms with Crippen LogP contribution in [0.5, 0.6) is 5.75 Å². The average molecular weight is 352 g/mol. The van der Waals surface area contributed by atoms with E-state index in [1.165, 1.54) is 4.90 Å². The van der Waals surface area contributed by atoms with Gasteiger partial charge in [0, 0.05) is 27.2 Å².